The Bertz CT molecular complexity index is 1180. The van der Waals surface area contributed by atoms with Gasteiger partial charge in [0, 0.05) is 13.0 Å². The molecule has 0 aliphatic carbocycles. The van der Waals surface area contributed by atoms with Crippen LogP contribution in [0, 0.1) is 0 Å². The molecule has 0 atom stereocenters. The quantitative estimate of drug-likeness (QED) is 0.325. The lowest BCUT2D eigenvalue weighted by Gasteiger charge is -2.11. The SMILES string of the molecule is CCn1c(Cc2ccc(OC)c(OC)c2)nnc1SCC(=O)Nc1cc(C(=O)OC)ccc1Cl. The lowest BCUT2D eigenvalue weighted by Crippen LogP contribution is -2.15. The molecule has 1 amide bonds. The number of ether oxygens (including phenoxy) is 3. The van der Waals surface area contributed by atoms with E-state index in [2.05, 4.69) is 15.5 Å². The lowest BCUT2D eigenvalue weighted by molar-refractivity contribution is -0.113. The molecule has 0 unspecified atom stereocenters. The van der Waals surface area contributed by atoms with Crippen molar-refractivity contribution < 1.29 is 23.8 Å². The Kier molecular flexibility index (Phi) is 8.78. The number of hydrogen-bond donors (Lipinski definition) is 1. The van der Waals surface area contributed by atoms with Gasteiger partial charge in [-0.05, 0) is 42.8 Å². The maximum absolute atomic E-state index is 12.5. The summed E-state index contributed by atoms with van der Waals surface area (Å²) in [5, 5.41) is 12.2. The van der Waals surface area contributed by atoms with E-state index in [1.807, 2.05) is 29.7 Å². The normalized spacial score (nSPS) is 10.6. The van der Waals surface area contributed by atoms with Crippen molar-refractivity contribution >= 4 is 40.9 Å². The van der Waals surface area contributed by atoms with Crippen LogP contribution >= 0.6 is 23.4 Å². The number of benzene rings is 2. The zero-order valence-corrected chi connectivity index (χ0v) is 20.8. The number of rotatable bonds is 10. The molecule has 0 aliphatic heterocycles. The van der Waals surface area contributed by atoms with E-state index in [-0.39, 0.29) is 11.7 Å². The van der Waals surface area contributed by atoms with Crippen LogP contribution in [0.1, 0.15) is 28.7 Å². The van der Waals surface area contributed by atoms with Gasteiger partial charge in [-0.15, -0.1) is 10.2 Å². The molecule has 11 heteroatoms. The largest absolute Gasteiger partial charge is 0.493 e. The van der Waals surface area contributed by atoms with Crippen molar-refractivity contribution in [1.29, 1.82) is 0 Å². The van der Waals surface area contributed by atoms with Gasteiger partial charge in [-0.2, -0.15) is 0 Å². The molecule has 2 aromatic carbocycles. The predicted octanol–water partition coefficient (Wildman–Crippen LogP) is 4.08. The molecule has 0 saturated carbocycles. The minimum Gasteiger partial charge on any atom is -0.493 e. The summed E-state index contributed by atoms with van der Waals surface area (Å²) in [6.45, 7) is 2.64. The van der Waals surface area contributed by atoms with E-state index >= 15 is 0 Å². The Hall–Kier alpha value is -3.24. The molecule has 0 bridgehead atoms. The summed E-state index contributed by atoms with van der Waals surface area (Å²) < 4.78 is 17.3. The number of halogens is 1. The van der Waals surface area contributed by atoms with Crippen molar-refractivity contribution in [3.05, 3.63) is 58.4 Å². The standard InChI is InChI=1S/C23H25ClN4O5S/c1-5-28-20(11-14-6-9-18(31-2)19(10-14)32-3)26-27-23(28)34-13-21(29)25-17-12-15(22(30)33-4)7-8-16(17)24/h6-10,12H,5,11,13H2,1-4H3,(H,25,29). The van der Waals surface area contributed by atoms with E-state index < -0.39 is 5.97 Å². The molecule has 1 heterocycles. The van der Waals surface area contributed by atoms with E-state index in [0.29, 0.717) is 45.9 Å². The second-order valence-electron chi connectivity index (χ2n) is 7.03. The Labute approximate surface area is 206 Å². The molecule has 180 valence electrons. The maximum Gasteiger partial charge on any atom is 0.337 e. The fourth-order valence-corrected chi connectivity index (χ4v) is 4.22. The first-order valence-corrected chi connectivity index (χ1v) is 11.7. The van der Waals surface area contributed by atoms with Gasteiger partial charge in [0.15, 0.2) is 16.7 Å². The second kappa shape index (κ2) is 11.8. The van der Waals surface area contributed by atoms with Crippen LogP contribution in [0.5, 0.6) is 11.5 Å². The van der Waals surface area contributed by atoms with Crippen molar-refractivity contribution in [1.82, 2.24) is 14.8 Å². The number of hydrogen-bond acceptors (Lipinski definition) is 8. The van der Waals surface area contributed by atoms with Gasteiger partial charge in [-0.1, -0.05) is 29.4 Å². The molecular formula is C23H25ClN4O5S. The number of nitrogens with zero attached hydrogens (tertiary/aromatic N) is 3. The number of esters is 1. The summed E-state index contributed by atoms with van der Waals surface area (Å²) in [6.07, 6.45) is 0.546. The predicted molar refractivity (Wildman–Crippen MR) is 130 cm³/mol. The van der Waals surface area contributed by atoms with Crippen molar-refractivity contribution in [3.8, 4) is 11.5 Å². The molecule has 3 rings (SSSR count). The number of carbonyl (C=O) groups excluding carboxylic acids is 2. The molecule has 3 aromatic rings. The average molecular weight is 505 g/mol. The first kappa shape index (κ1) is 25.4. The highest BCUT2D eigenvalue weighted by Crippen LogP contribution is 2.29. The molecule has 1 N–H and O–H groups in total. The minimum atomic E-state index is -0.514. The van der Waals surface area contributed by atoms with Crippen LogP contribution in [0.4, 0.5) is 5.69 Å². The zero-order valence-electron chi connectivity index (χ0n) is 19.3. The number of amides is 1. The van der Waals surface area contributed by atoms with Crippen LogP contribution in [-0.2, 0) is 22.5 Å². The van der Waals surface area contributed by atoms with Gasteiger partial charge in [-0.25, -0.2) is 4.79 Å². The molecule has 0 aliphatic rings. The first-order valence-electron chi connectivity index (χ1n) is 10.3. The number of anilines is 1. The molecule has 1 aromatic heterocycles. The minimum absolute atomic E-state index is 0.0905. The smallest absolute Gasteiger partial charge is 0.337 e. The molecule has 34 heavy (non-hydrogen) atoms. The van der Waals surface area contributed by atoms with Gasteiger partial charge in [0.25, 0.3) is 0 Å². The van der Waals surface area contributed by atoms with Gasteiger partial charge >= 0.3 is 5.97 Å². The lowest BCUT2D eigenvalue weighted by atomic mass is 10.1. The molecule has 0 spiro atoms. The number of aromatic nitrogens is 3. The fourth-order valence-electron chi connectivity index (χ4n) is 3.23. The maximum atomic E-state index is 12.5. The Morgan fingerprint density at radius 3 is 2.50 bits per heavy atom. The highest BCUT2D eigenvalue weighted by Gasteiger charge is 2.16. The zero-order chi connectivity index (χ0) is 24.7. The van der Waals surface area contributed by atoms with Gasteiger partial charge in [0.2, 0.25) is 5.91 Å². The van der Waals surface area contributed by atoms with E-state index in [0.717, 1.165) is 11.4 Å². The molecule has 9 nitrogen and oxygen atoms in total. The van der Waals surface area contributed by atoms with Crippen LogP contribution in [0.3, 0.4) is 0 Å². The fraction of sp³-hybridized carbons (Fsp3) is 0.304. The van der Waals surface area contributed by atoms with Gasteiger partial charge in [0.05, 0.1) is 43.4 Å². The van der Waals surface area contributed by atoms with Crippen LogP contribution in [0.2, 0.25) is 5.02 Å². The second-order valence-corrected chi connectivity index (χ2v) is 8.38. The summed E-state index contributed by atoms with van der Waals surface area (Å²) in [4.78, 5) is 24.3. The summed E-state index contributed by atoms with van der Waals surface area (Å²) >= 11 is 7.42. The molecule has 0 saturated heterocycles. The average Bonchev–Trinajstić information content (AvgIpc) is 3.24. The number of methoxy groups -OCH3 is 3. The van der Waals surface area contributed by atoms with Crippen molar-refractivity contribution in [2.45, 2.75) is 25.0 Å². The Morgan fingerprint density at radius 2 is 1.82 bits per heavy atom. The van der Waals surface area contributed by atoms with Gasteiger partial charge < -0.3 is 24.1 Å². The number of carbonyl (C=O) groups is 2. The number of thioether (sulfide) groups is 1. The summed E-state index contributed by atoms with van der Waals surface area (Å²) in [6, 6.07) is 10.2. The summed E-state index contributed by atoms with van der Waals surface area (Å²) in [7, 11) is 4.47. The molecular weight excluding hydrogens is 480 g/mol. The van der Waals surface area contributed by atoms with Crippen LogP contribution in [0.25, 0.3) is 0 Å². The van der Waals surface area contributed by atoms with E-state index in [1.165, 1.54) is 37.1 Å². The van der Waals surface area contributed by atoms with Crippen LogP contribution in [-0.4, -0.2) is 53.7 Å². The van der Waals surface area contributed by atoms with E-state index in [1.54, 1.807) is 14.2 Å². The summed E-state index contributed by atoms with van der Waals surface area (Å²) in [5.74, 6) is 1.35. The monoisotopic (exact) mass is 504 g/mol. The summed E-state index contributed by atoms with van der Waals surface area (Å²) in [5.41, 5.74) is 1.62. The van der Waals surface area contributed by atoms with Crippen molar-refractivity contribution in [2.24, 2.45) is 0 Å². The highest BCUT2D eigenvalue weighted by molar-refractivity contribution is 7.99. The van der Waals surface area contributed by atoms with Crippen molar-refractivity contribution in [3.63, 3.8) is 0 Å². The first-order chi connectivity index (χ1) is 16.4. The van der Waals surface area contributed by atoms with Crippen molar-refractivity contribution in [2.75, 3.05) is 32.4 Å². The topological polar surface area (TPSA) is 105 Å². The van der Waals surface area contributed by atoms with Gasteiger partial charge in [0.1, 0.15) is 5.82 Å². The number of nitrogens with one attached hydrogen (secondary N) is 1. The Morgan fingerprint density at radius 1 is 1.06 bits per heavy atom. The third-order valence-corrected chi connectivity index (χ3v) is 6.21. The molecule has 0 fully saturated rings. The third kappa shape index (κ3) is 6.00. The highest BCUT2D eigenvalue weighted by atomic mass is 35.5. The third-order valence-electron chi connectivity index (χ3n) is 4.91. The molecule has 0 radical (unpaired) electrons. The van der Waals surface area contributed by atoms with Crippen LogP contribution in [0.15, 0.2) is 41.6 Å². The van der Waals surface area contributed by atoms with Gasteiger partial charge in [-0.3, -0.25) is 4.79 Å². The van der Waals surface area contributed by atoms with E-state index in [9.17, 15) is 9.59 Å². The van der Waals surface area contributed by atoms with Crippen LogP contribution < -0.4 is 14.8 Å². The Balaban J connectivity index is 1.67. The van der Waals surface area contributed by atoms with E-state index in [4.69, 9.17) is 25.8 Å².